The molecule has 1 heterocycles. The van der Waals surface area contributed by atoms with Crippen molar-refractivity contribution in [1.82, 2.24) is 5.32 Å². The fraction of sp³-hybridized carbons (Fsp3) is 0.909. The molecule has 13 heavy (non-hydrogen) atoms. The second kappa shape index (κ2) is 1.94. The SMILES string of the molecule is O=C1NC2CC1C1C3CCC(C3)C21. The summed E-state index contributed by atoms with van der Waals surface area (Å²) in [6.07, 6.45) is 5.48. The van der Waals surface area contributed by atoms with Gasteiger partial charge >= 0.3 is 0 Å². The maximum Gasteiger partial charge on any atom is 0.223 e. The lowest BCUT2D eigenvalue weighted by atomic mass is 9.75. The van der Waals surface area contributed by atoms with Gasteiger partial charge in [-0.15, -0.1) is 0 Å². The minimum Gasteiger partial charge on any atom is -0.353 e. The van der Waals surface area contributed by atoms with E-state index in [-0.39, 0.29) is 0 Å². The Morgan fingerprint density at radius 2 is 1.85 bits per heavy atom. The van der Waals surface area contributed by atoms with Gasteiger partial charge in [0.15, 0.2) is 0 Å². The van der Waals surface area contributed by atoms with Gasteiger partial charge in [0.05, 0.1) is 0 Å². The van der Waals surface area contributed by atoms with Crippen molar-refractivity contribution in [3.63, 3.8) is 0 Å². The number of carbonyl (C=O) groups excluding carboxylic acids is 1. The number of nitrogens with one attached hydrogen (secondary N) is 1. The summed E-state index contributed by atoms with van der Waals surface area (Å²) in [6.45, 7) is 0. The molecule has 0 aromatic heterocycles. The first-order chi connectivity index (χ1) is 6.34. The van der Waals surface area contributed by atoms with Crippen LogP contribution in [-0.4, -0.2) is 11.9 Å². The Labute approximate surface area is 78.1 Å². The molecular formula is C11H15NO. The van der Waals surface area contributed by atoms with Crippen molar-refractivity contribution in [2.75, 3.05) is 0 Å². The molecular weight excluding hydrogens is 162 g/mol. The minimum absolute atomic E-state index is 0.374. The van der Waals surface area contributed by atoms with E-state index in [0.717, 1.165) is 23.7 Å². The molecule has 4 fully saturated rings. The maximum absolute atomic E-state index is 11.5. The highest BCUT2D eigenvalue weighted by Gasteiger charge is 2.62. The Morgan fingerprint density at radius 1 is 1.08 bits per heavy atom. The number of hydrogen-bond donors (Lipinski definition) is 1. The standard InChI is InChI=1S/C11H15NO/c13-11-7-4-8(12-11)10-6-2-1-5(3-6)9(7)10/h5-10H,1-4H2,(H,12,13). The molecule has 2 heteroatoms. The molecule has 70 valence electrons. The van der Waals surface area contributed by atoms with Crippen LogP contribution in [0.1, 0.15) is 25.7 Å². The first kappa shape index (κ1) is 6.86. The molecule has 4 rings (SSSR count). The van der Waals surface area contributed by atoms with Gasteiger partial charge in [-0.2, -0.15) is 0 Å². The number of amides is 1. The average molecular weight is 177 g/mol. The minimum atomic E-state index is 0.374. The maximum atomic E-state index is 11.5. The van der Waals surface area contributed by atoms with Crippen LogP contribution in [0.15, 0.2) is 0 Å². The van der Waals surface area contributed by atoms with Gasteiger partial charge in [0.1, 0.15) is 0 Å². The largest absolute Gasteiger partial charge is 0.353 e. The van der Waals surface area contributed by atoms with Crippen LogP contribution in [0.4, 0.5) is 0 Å². The van der Waals surface area contributed by atoms with Crippen molar-refractivity contribution in [3.8, 4) is 0 Å². The molecule has 0 aromatic rings. The van der Waals surface area contributed by atoms with E-state index in [1.807, 2.05) is 0 Å². The number of piperidine rings is 1. The molecule has 0 spiro atoms. The van der Waals surface area contributed by atoms with Crippen molar-refractivity contribution in [2.24, 2.45) is 29.6 Å². The summed E-state index contributed by atoms with van der Waals surface area (Å²) in [5, 5.41) is 3.17. The Kier molecular flexibility index (Phi) is 1.02. The summed E-state index contributed by atoms with van der Waals surface area (Å²) in [5.74, 6) is 4.39. The average Bonchev–Trinajstić information content (AvgIpc) is 2.78. The topological polar surface area (TPSA) is 29.1 Å². The van der Waals surface area contributed by atoms with Gasteiger partial charge in [-0.3, -0.25) is 4.79 Å². The Hall–Kier alpha value is -0.530. The van der Waals surface area contributed by atoms with Crippen LogP contribution in [0.2, 0.25) is 0 Å². The van der Waals surface area contributed by atoms with E-state index in [1.165, 1.54) is 25.7 Å². The molecule has 0 aromatic carbocycles. The van der Waals surface area contributed by atoms with E-state index in [9.17, 15) is 4.79 Å². The normalized spacial score (nSPS) is 61.4. The zero-order chi connectivity index (χ0) is 8.58. The van der Waals surface area contributed by atoms with Crippen molar-refractivity contribution in [1.29, 1.82) is 0 Å². The summed E-state index contributed by atoms with van der Waals surface area (Å²) < 4.78 is 0. The predicted octanol–water partition coefficient (Wildman–Crippen LogP) is 1.17. The Bertz CT molecular complexity index is 288. The van der Waals surface area contributed by atoms with E-state index >= 15 is 0 Å². The van der Waals surface area contributed by atoms with Gasteiger partial charge in [0.2, 0.25) is 5.91 Å². The molecule has 2 nitrogen and oxygen atoms in total. The van der Waals surface area contributed by atoms with E-state index in [0.29, 0.717) is 17.9 Å². The van der Waals surface area contributed by atoms with Gasteiger partial charge in [0.25, 0.3) is 0 Å². The van der Waals surface area contributed by atoms with Gasteiger partial charge in [0, 0.05) is 12.0 Å². The monoisotopic (exact) mass is 177 g/mol. The second-order valence-electron chi connectivity index (χ2n) is 5.45. The van der Waals surface area contributed by atoms with Gasteiger partial charge in [-0.05, 0) is 49.4 Å². The van der Waals surface area contributed by atoms with Crippen LogP contribution in [0.3, 0.4) is 0 Å². The molecule has 1 saturated heterocycles. The molecule has 4 aliphatic rings. The lowest BCUT2D eigenvalue weighted by Gasteiger charge is -2.34. The summed E-state index contributed by atoms with van der Waals surface area (Å²) >= 11 is 0. The molecule has 3 aliphatic carbocycles. The summed E-state index contributed by atoms with van der Waals surface area (Å²) in [4.78, 5) is 11.5. The highest BCUT2D eigenvalue weighted by Crippen LogP contribution is 2.62. The van der Waals surface area contributed by atoms with Crippen LogP contribution in [0, 0.1) is 29.6 Å². The van der Waals surface area contributed by atoms with Crippen LogP contribution in [0.5, 0.6) is 0 Å². The van der Waals surface area contributed by atoms with Gasteiger partial charge in [-0.1, -0.05) is 0 Å². The first-order valence-electron chi connectivity index (χ1n) is 5.65. The van der Waals surface area contributed by atoms with Gasteiger partial charge < -0.3 is 5.32 Å². The Morgan fingerprint density at radius 3 is 2.69 bits per heavy atom. The zero-order valence-electron chi connectivity index (χ0n) is 7.70. The van der Waals surface area contributed by atoms with Gasteiger partial charge in [-0.25, -0.2) is 0 Å². The van der Waals surface area contributed by atoms with Crippen LogP contribution >= 0.6 is 0 Å². The number of carbonyl (C=O) groups is 1. The van der Waals surface area contributed by atoms with Crippen molar-refractivity contribution in [3.05, 3.63) is 0 Å². The molecule has 1 N–H and O–H groups in total. The third-order valence-corrected chi connectivity index (χ3v) is 5.15. The first-order valence-corrected chi connectivity index (χ1v) is 5.65. The molecule has 6 atom stereocenters. The van der Waals surface area contributed by atoms with Crippen molar-refractivity contribution in [2.45, 2.75) is 31.7 Å². The third kappa shape index (κ3) is 0.628. The molecule has 6 unspecified atom stereocenters. The lowest BCUT2D eigenvalue weighted by molar-refractivity contribution is -0.127. The second-order valence-corrected chi connectivity index (χ2v) is 5.45. The molecule has 3 saturated carbocycles. The highest BCUT2D eigenvalue weighted by atomic mass is 16.2. The predicted molar refractivity (Wildman–Crippen MR) is 47.8 cm³/mol. The quantitative estimate of drug-likeness (QED) is 0.553. The van der Waals surface area contributed by atoms with Crippen molar-refractivity contribution < 1.29 is 4.79 Å². The number of hydrogen-bond acceptors (Lipinski definition) is 1. The van der Waals surface area contributed by atoms with E-state index in [1.54, 1.807) is 0 Å². The number of rotatable bonds is 0. The summed E-state index contributed by atoms with van der Waals surface area (Å²) in [6, 6.07) is 0.581. The van der Waals surface area contributed by atoms with E-state index in [4.69, 9.17) is 0 Å². The summed E-state index contributed by atoms with van der Waals surface area (Å²) in [7, 11) is 0. The van der Waals surface area contributed by atoms with Crippen LogP contribution in [0.25, 0.3) is 0 Å². The molecule has 1 amide bonds. The zero-order valence-corrected chi connectivity index (χ0v) is 7.70. The smallest absolute Gasteiger partial charge is 0.223 e. The molecule has 0 radical (unpaired) electrons. The fourth-order valence-corrected chi connectivity index (χ4v) is 4.89. The fourth-order valence-electron chi connectivity index (χ4n) is 4.89. The third-order valence-electron chi connectivity index (χ3n) is 5.15. The Balaban J connectivity index is 1.78. The molecule has 4 bridgehead atoms. The van der Waals surface area contributed by atoms with Crippen LogP contribution in [-0.2, 0) is 4.79 Å². The number of fused-ring (bicyclic) bond motifs is 9. The van der Waals surface area contributed by atoms with E-state index < -0.39 is 0 Å². The summed E-state index contributed by atoms with van der Waals surface area (Å²) in [5.41, 5.74) is 0. The van der Waals surface area contributed by atoms with Crippen LogP contribution < -0.4 is 5.32 Å². The highest BCUT2D eigenvalue weighted by molar-refractivity contribution is 5.83. The van der Waals surface area contributed by atoms with Crippen molar-refractivity contribution >= 4 is 5.91 Å². The van der Waals surface area contributed by atoms with E-state index in [2.05, 4.69) is 5.32 Å². The molecule has 1 aliphatic heterocycles. The lowest BCUT2D eigenvalue weighted by Crippen LogP contribution is -2.44.